The van der Waals surface area contributed by atoms with E-state index in [0.717, 1.165) is 5.69 Å². The van der Waals surface area contributed by atoms with Gasteiger partial charge < -0.3 is 19.7 Å². The molecule has 10 nitrogen and oxygen atoms in total. The minimum atomic E-state index is -4.07. The van der Waals surface area contributed by atoms with Crippen LogP contribution in [-0.2, 0) is 19.6 Å². The summed E-state index contributed by atoms with van der Waals surface area (Å²) in [6, 6.07) is 26.8. The van der Waals surface area contributed by atoms with E-state index in [1.165, 1.54) is 31.4 Å². The summed E-state index contributed by atoms with van der Waals surface area (Å²) in [5.74, 6) is -0.252. The van der Waals surface area contributed by atoms with Crippen molar-refractivity contribution in [2.75, 3.05) is 48.4 Å². The number of carbonyl (C=O) groups excluding carboxylic acids is 1. The number of nitrogens with one attached hydrogen (secondary N) is 2. The molecule has 4 aromatic carbocycles. The number of para-hydroxylation sites is 1. The first-order valence-corrected chi connectivity index (χ1v) is 16.3. The van der Waals surface area contributed by atoms with E-state index in [1.807, 2.05) is 35.2 Å². The van der Waals surface area contributed by atoms with Crippen molar-refractivity contribution in [1.29, 1.82) is 0 Å². The number of methoxy groups -OCH3 is 1. The van der Waals surface area contributed by atoms with Crippen LogP contribution in [0, 0.1) is 5.82 Å². The Morgan fingerprint density at radius 1 is 0.938 bits per heavy atom. The summed E-state index contributed by atoms with van der Waals surface area (Å²) >= 11 is 0. The van der Waals surface area contributed by atoms with Crippen molar-refractivity contribution in [2.24, 2.45) is 0 Å². The average molecular weight is 690 g/mol. The van der Waals surface area contributed by atoms with Crippen LogP contribution in [0.3, 0.4) is 0 Å². The Balaban J connectivity index is 0.00000451. The molecule has 0 radical (unpaired) electrons. The van der Waals surface area contributed by atoms with Crippen LogP contribution >= 0.6 is 12.4 Å². The fraction of sp³-hybridized carbons (Fsp3) is 0.143. The lowest BCUT2D eigenvalue weighted by atomic mass is 10.1. The molecule has 5 aromatic rings. The van der Waals surface area contributed by atoms with Gasteiger partial charge in [-0.1, -0.05) is 18.2 Å². The minimum absolute atomic E-state index is 0. The third-order valence-corrected chi connectivity index (χ3v) is 8.92. The quantitative estimate of drug-likeness (QED) is 0.163. The molecule has 13 heteroatoms. The minimum Gasteiger partial charge on any atom is -0.497 e. The highest BCUT2D eigenvalue weighted by atomic mass is 35.5. The van der Waals surface area contributed by atoms with Crippen molar-refractivity contribution >= 4 is 51.5 Å². The van der Waals surface area contributed by atoms with E-state index in [1.54, 1.807) is 65.5 Å². The van der Waals surface area contributed by atoms with Gasteiger partial charge in [-0.2, -0.15) is 5.10 Å². The zero-order valence-electron chi connectivity index (χ0n) is 25.9. The van der Waals surface area contributed by atoms with E-state index in [-0.39, 0.29) is 23.1 Å². The summed E-state index contributed by atoms with van der Waals surface area (Å²) in [6.07, 6.45) is 4.74. The van der Waals surface area contributed by atoms with Crippen molar-refractivity contribution in [3.8, 4) is 22.7 Å². The highest BCUT2D eigenvalue weighted by Gasteiger charge is 2.25. The van der Waals surface area contributed by atoms with E-state index >= 15 is 0 Å². The first-order valence-electron chi connectivity index (χ1n) is 14.8. The number of hydrogen-bond donors (Lipinski definition) is 2. The fourth-order valence-corrected chi connectivity index (χ4v) is 6.46. The highest BCUT2D eigenvalue weighted by Crippen LogP contribution is 2.31. The first kappa shape index (κ1) is 34.2. The average Bonchev–Trinajstić information content (AvgIpc) is 3.53. The summed E-state index contributed by atoms with van der Waals surface area (Å²) in [7, 11) is -2.54. The molecule has 0 aliphatic carbocycles. The van der Waals surface area contributed by atoms with Crippen molar-refractivity contribution in [2.45, 2.75) is 4.90 Å². The Hall–Kier alpha value is -5.17. The molecule has 0 saturated carbocycles. The van der Waals surface area contributed by atoms with Gasteiger partial charge in [0.25, 0.3) is 10.0 Å². The number of hydrogen-bond acceptors (Lipinski definition) is 7. The maximum absolute atomic E-state index is 13.7. The van der Waals surface area contributed by atoms with Crippen molar-refractivity contribution in [1.82, 2.24) is 9.78 Å². The Kier molecular flexibility index (Phi) is 10.8. The van der Waals surface area contributed by atoms with Crippen LogP contribution in [0.2, 0.25) is 0 Å². The fourth-order valence-electron chi connectivity index (χ4n) is 5.15. The van der Waals surface area contributed by atoms with Crippen LogP contribution in [0.25, 0.3) is 23.0 Å². The van der Waals surface area contributed by atoms with Gasteiger partial charge in [0.05, 0.1) is 37.4 Å². The lowest BCUT2D eigenvalue weighted by molar-refractivity contribution is -0.111. The lowest BCUT2D eigenvalue weighted by Crippen LogP contribution is -2.37. The van der Waals surface area contributed by atoms with Crippen molar-refractivity contribution < 1.29 is 27.1 Å². The van der Waals surface area contributed by atoms with Crippen LogP contribution in [0.15, 0.2) is 114 Å². The van der Waals surface area contributed by atoms with Gasteiger partial charge in [-0.3, -0.25) is 9.52 Å². The molecule has 2 heterocycles. The molecule has 6 rings (SSSR count). The molecule has 1 aliphatic rings. The summed E-state index contributed by atoms with van der Waals surface area (Å²) in [6.45, 7) is 1.98. The summed E-state index contributed by atoms with van der Waals surface area (Å²) in [4.78, 5) is 15.1. The number of halogens is 2. The van der Waals surface area contributed by atoms with Crippen LogP contribution < -0.4 is 19.7 Å². The van der Waals surface area contributed by atoms with E-state index < -0.39 is 15.9 Å². The predicted molar refractivity (Wildman–Crippen MR) is 187 cm³/mol. The number of carbonyl (C=O) groups is 1. The van der Waals surface area contributed by atoms with E-state index in [0.29, 0.717) is 65.9 Å². The van der Waals surface area contributed by atoms with Crippen LogP contribution in [0.4, 0.5) is 21.5 Å². The molecular weight excluding hydrogens is 657 g/mol. The maximum atomic E-state index is 13.7. The van der Waals surface area contributed by atoms with E-state index in [2.05, 4.69) is 10.0 Å². The van der Waals surface area contributed by atoms with Gasteiger partial charge in [0.1, 0.15) is 16.5 Å². The Labute approximate surface area is 284 Å². The molecule has 1 aromatic heterocycles. The number of aromatic nitrogens is 2. The Morgan fingerprint density at radius 2 is 1.62 bits per heavy atom. The number of nitrogens with zero attached hydrogens (tertiary/aromatic N) is 3. The van der Waals surface area contributed by atoms with Crippen LogP contribution in [-0.4, -0.2) is 57.5 Å². The number of sulfonamides is 1. The molecular formula is C35H33ClFN5O5S. The number of benzene rings is 4. The molecule has 1 aliphatic heterocycles. The predicted octanol–water partition coefficient (Wildman–Crippen LogP) is 6.40. The Bertz CT molecular complexity index is 2000. The maximum Gasteiger partial charge on any atom is 0.264 e. The van der Waals surface area contributed by atoms with Gasteiger partial charge in [-0.05, 0) is 84.9 Å². The number of ether oxygens (including phenoxy) is 2. The zero-order valence-corrected chi connectivity index (χ0v) is 27.5. The van der Waals surface area contributed by atoms with Gasteiger partial charge in [-0.15, -0.1) is 12.4 Å². The third-order valence-electron chi connectivity index (χ3n) is 7.51. The highest BCUT2D eigenvalue weighted by molar-refractivity contribution is 7.92. The second-order valence-electron chi connectivity index (χ2n) is 10.7. The SMILES string of the molecule is COc1ccc(NS(=O)(=O)c2cc(NC(=O)C=Cc3cn(-c4ccccc4)nc3-c3ccc(F)cc3)ccc2N2CCOCC2)cc1.Cl. The lowest BCUT2D eigenvalue weighted by Gasteiger charge is -2.30. The molecule has 1 amide bonds. The molecule has 0 bridgehead atoms. The van der Waals surface area contributed by atoms with Gasteiger partial charge >= 0.3 is 0 Å². The first-order chi connectivity index (χ1) is 22.8. The number of rotatable bonds is 10. The van der Waals surface area contributed by atoms with Gasteiger partial charge in [0.15, 0.2) is 0 Å². The molecule has 0 unspecified atom stereocenters. The molecule has 248 valence electrons. The molecule has 0 atom stereocenters. The molecule has 2 N–H and O–H groups in total. The smallest absolute Gasteiger partial charge is 0.264 e. The monoisotopic (exact) mass is 689 g/mol. The largest absolute Gasteiger partial charge is 0.497 e. The summed E-state index contributed by atoms with van der Waals surface area (Å²) < 4.78 is 56.1. The Morgan fingerprint density at radius 3 is 2.31 bits per heavy atom. The zero-order chi connectivity index (χ0) is 32.8. The van der Waals surface area contributed by atoms with Gasteiger partial charge in [-0.25, -0.2) is 17.5 Å². The third kappa shape index (κ3) is 8.03. The van der Waals surface area contributed by atoms with Crippen LogP contribution in [0.5, 0.6) is 5.75 Å². The molecule has 1 fully saturated rings. The number of amides is 1. The normalized spacial score (nSPS) is 13.2. The van der Waals surface area contributed by atoms with Crippen molar-refractivity contribution in [3.63, 3.8) is 0 Å². The van der Waals surface area contributed by atoms with Crippen molar-refractivity contribution in [3.05, 3.63) is 121 Å². The summed E-state index contributed by atoms with van der Waals surface area (Å²) in [5, 5.41) is 7.48. The number of morpholine rings is 1. The van der Waals surface area contributed by atoms with E-state index in [4.69, 9.17) is 14.6 Å². The van der Waals surface area contributed by atoms with Gasteiger partial charge in [0.2, 0.25) is 5.91 Å². The second-order valence-corrected chi connectivity index (χ2v) is 12.3. The molecule has 1 saturated heterocycles. The van der Waals surface area contributed by atoms with Crippen LogP contribution in [0.1, 0.15) is 5.56 Å². The van der Waals surface area contributed by atoms with E-state index in [9.17, 15) is 17.6 Å². The molecule has 48 heavy (non-hydrogen) atoms. The summed E-state index contributed by atoms with van der Waals surface area (Å²) in [5.41, 5.74) is 3.85. The molecule has 0 spiro atoms. The van der Waals surface area contributed by atoms with Gasteiger partial charge in [0, 0.05) is 47.9 Å². The topological polar surface area (TPSA) is 115 Å². The number of anilines is 3. The standard InChI is InChI=1S/C35H32FN5O5S.ClH/c1-45-31-15-12-28(13-16-31)39-47(43,44)33-23-29(14-17-32(33)40-19-21-46-22-20-40)37-34(42)18-9-26-24-41(30-5-3-2-4-6-30)38-35(26)25-7-10-27(36)11-8-25;/h2-18,23-24,39H,19-22H2,1H3,(H,37,42);1H. The second kappa shape index (κ2) is 15.2.